The Kier molecular flexibility index (Phi) is 7.84. The number of hydrogen-bond acceptors (Lipinski definition) is 5. The molecule has 0 spiro atoms. The lowest BCUT2D eigenvalue weighted by atomic mass is 10.2. The minimum absolute atomic E-state index is 0.00722. The largest absolute Gasteiger partial charge is 0.493 e. The van der Waals surface area contributed by atoms with Gasteiger partial charge in [-0.1, -0.05) is 48.5 Å². The normalized spacial score (nSPS) is 11.1. The van der Waals surface area contributed by atoms with Gasteiger partial charge in [-0.25, -0.2) is 4.79 Å². The average Bonchev–Trinajstić information content (AvgIpc) is 2.68. The van der Waals surface area contributed by atoms with Crippen molar-refractivity contribution in [2.75, 3.05) is 6.61 Å². The highest BCUT2D eigenvalue weighted by atomic mass is 16.5. The molecular formula is C20H22N2O5. The van der Waals surface area contributed by atoms with Gasteiger partial charge in [-0.15, -0.1) is 0 Å². The zero-order chi connectivity index (χ0) is 19.5. The molecule has 2 N–H and O–H groups in total. The van der Waals surface area contributed by atoms with Gasteiger partial charge in [0.1, 0.15) is 5.75 Å². The van der Waals surface area contributed by atoms with E-state index in [1.54, 1.807) is 12.1 Å². The van der Waals surface area contributed by atoms with Crippen molar-refractivity contribution in [3.8, 4) is 5.75 Å². The van der Waals surface area contributed by atoms with E-state index in [2.05, 4.69) is 10.6 Å². The fourth-order valence-electron chi connectivity index (χ4n) is 2.11. The van der Waals surface area contributed by atoms with Gasteiger partial charge in [-0.3, -0.25) is 14.9 Å². The Morgan fingerprint density at radius 3 is 2.26 bits per heavy atom. The van der Waals surface area contributed by atoms with Crippen LogP contribution in [0.2, 0.25) is 0 Å². The lowest BCUT2D eigenvalue weighted by molar-refractivity contribution is -0.154. The predicted molar refractivity (Wildman–Crippen MR) is 98.9 cm³/mol. The van der Waals surface area contributed by atoms with Crippen molar-refractivity contribution >= 4 is 17.9 Å². The van der Waals surface area contributed by atoms with Crippen LogP contribution in [0.3, 0.4) is 0 Å². The molecule has 7 heteroatoms. The first kappa shape index (κ1) is 20.0. The summed E-state index contributed by atoms with van der Waals surface area (Å²) in [6.45, 7) is 1.81. The van der Waals surface area contributed by atoms with Crippen LogP contribution in [-0.4, -0.2) is 30.6 Å². The molecule has 0 aliphatic rings. The van der Waals surface area contributed by atoms with Crippen LogP contribution in [-0.2, 0) is 20.9 Å². The number of carbonyl (C=O) groups is 3. The number of ether oxygens (including phenoxy) is 2. The first-order chi connectivity index (χ1) is 13.0. The minimum Gasteiger partial charge on any atom is -0.493 e. The monoisotopic (exact) mass is 370 g/mol. The molecule has 2 rings (SSSR count). The maximum Gasteiger partial charge on any atom is 0.321 e. The summed E-state index contributed by atoms with van der Waals surface area (Å²) < 4.78 is 10.4. The number of imide groups is 1. The van der Waals surface area contributed by atoms with E-state index in [9.17, 15) is 14.4 Å². The summed E-state index contributed by atoms with van der Waals surface area (Å²) in [5, 5.41) is 4.70. The molecule has 2 aromatic rings. The molecule has 0 saturated heterocycles. The molecule has 142 valence electrons. The molecule has 7 nitrogen and oxygen atoms in total. The van der Waals surface area contributed by atoms with Crippen molar-refractivity contribution in [2.24, 2.45) is 0 Å². The highest BCUT2D eigenvalue weighted by Gasteiger charge is 2.19. The lowest BCUT2D eigenvalue weighted by Gasteiger charge is -2.13. The van der Waals surface area contributed by atoms with E-state index in [0.717, 1.165) is 5.56 Å². The van der Waals surface area contributed by atoms with Gasteiger partial charge >= 0.3 is 12.0 Å². The summed E-state index contributed by atoms with van der Waals surface area (Å²) in [5.74, 6) is -0.637. The molecule has 0 unspecified atom stereocenters. The fourth-order valence-corrected chi connectivity index (χ4v) is 2.11. The summed E-state index contributed by atoms with van der Waals surface area (Å²) in [4.78, 5) is 35.4. The van der Waals surface area contributed by atoms with Gasteiger partial charge in [0.25, 0.3) is 5.91 Å². The highest BCUT2D eigenvalue weighted by molar-refractivity contribution is 5.97. The van der Waals surface area contributed by atoms with Gasteiger partial charge in [-0.05, 0) is 24.6 Å². The van der Waals surface area contributed by atoms with Crippen LogP contribution in [0.1, 0.15) is 18.9 Å². The number of carbonyl (C=O) groups excluding carboxylic acids is 3. The van der Waals surface area contributed by atoms with E-state index in [4.69, 9.17) is 9.47 Å². The Morgan fingerprint density at radius 2 is 1.59 bits per heavy atom. The number of nitrogens with one attached hydrogen (secondary N) is 2. The van der Waals surface area contributed by atoms with Crippen LogP contribution in [0.4, 0.5) is 4.79 Å². The Bertz CT molecular complexity index is 749. The number of urea groups is 1. The fraction of sp³-hybridized carbons (Fsp3) is 0.250. The Morgan fingerprint density at radius 1 is 0.963 bits per heavy atom. The smallest absolute Gasteiger partial charge is 0.321 e. The molecule has 2 aromatic carbocycles. The third-order valence-electron chi connectivity index (χ3n) is 3.53. The molecule has 0 fully saturated rings. The van der Waals surface area contributed by atoms with E-state index in [1.807, 2.05) is 48.5 Å². The summed E-state index contributed by atoms with van der Waals surface area (Å²) in [6, 6.07) is 17.7. The van der Waals surface area contributed by atoms with Crippen LogP contribution in [0.25, 0.3) is 0 Å². The molecule has 0 saturated carbocycles. The Hall–Kier alpha value is -3.35. The van der Waals surface area contributed by atoms with E-state index in [0.29, 0.717) is 5.75 Å². The van der Waals surface area contributed by atoms with Crippen molar-refractivity contribution in [3.05, 3.63) is 66.2 Å². The van der Waals surface area contributed by atoms with Crippen molar-refractivity contribution in [2.45, 2.75) is 26.0 Å². The first-order valence-corrected chi connectivity index (χ1v) is 8.54. The molecule has 0 aliphatic heterocycles. The topological polar surface area (TPSA) is 93.7 Å². The van der Waals surface area contributed by atoms with Gasteiger partial charge in [0.2, 0.25) is 0 Å². The zero-order valence-corrected chi connectivity index (χ0v) is 15.0. The van der Waals surface area contributed by atoms with Crippen LogP contribution in [0, 0.1) is 0 Å². The Balaban J connectivity index is 1.64. The molecule has 3 amide bonds. The second-order valence-corrected chi connectivity index (χ2v) is 5.70. The first-order valence-electron chi connectivity index (χ1n) is 8.54. The lowest BCUT2D eigenvalue weighted by Crippen LogP contribution is -2.44. The second kappa shape index (κ2) is 10.6. The minimum atomic E-state index is -1.09. The predicted octanol–water partition coefficient (Wildman–Crippen LogP) is 2.41. The Labute approximate surface area is 157 Å². The van der Waals surface area contributed by atoms with Crippen LogP contribution >= 0.6 is 0 Å². The van der Waals surface area contributed by atoms with Gasteiger partial charge < -0.3 is 14.8 Å². The number of amides is 3. The van der Waals surface area contributed by atoms with E-state index >= 15 is 0 Å². The molecular weight excluding hydrogens is 348 g/mol. The van der Waals surface area contributed by atoms with Crippen molar-refractivity contribution in [1.29, 1.82) is 0 Å². The second-order valence-electron chi connectivity index (χ2n) is 5.70. The molecule has 0 bridgehead atoms. The molecule has 1 atom stereocenters. The maximum atomic E-state index is 11.9. The molecule has 0 heterocycles. The standard InChI is InChI=1S/C20H22N2O5/c1-15(27-18(23)12-13-26-17-10-6-3-7-11-17)19(24)22-20(25)21-14-16-8-4-2-5-9-16/h2-11,15H,12-14H2,1H3,(H2,21,22,24,25)/t15-/m1/s1. The van der Waals surface area contributed by atoms with E-state index in [1.165, 1.54) is 6.92 Å². The van der Waals surface area contributed by atoms with Crippen molar-refractivity contribution in [3.63, 3.8) is 0 Å². The van der Waals surface area contributed by atoms with Gasteiger partial charge in [0, 0.05) is 6.54 Å². The van der Waals surface area contributed by atoms with Gasteiger partial charge in [0.05, 0.1) is 13.0 Å². The number of rotatable bonds is 8. The summed E-state index contributed by atoms with van der Waals surface area (Å²) in [6.07, 6.45) is -1.09. The van der Waals surface area contributed by atoms with Crippen molar-refractivity contribution in [1.82, 2.24) is 10.6 Å². The third-order valence-corrected chi connectivity index (χ3v) is 3.53. The average molecular weight is 370 g/mol. The molecule has 0 radical (unpaired) electrons. The van der Waals surface area contributed by atoms with Crippen LogP contribution < -0.4 is 15.4 Å². The zero-order valence-electron chi connectivity index (χ0n) is 15.0. The maximum absolute atomic E-state index is 11.9. The molecule has 0 aliphatic carbocycles. The van der Waals surface area contributed by atoms with E-state index < -0.39 is 24.0 Å². The molecule has 27 heavy (non-hydrogen) atoms. The molecule has 0 aromatic heterocycles. The summed E-state index contributed by atoms with van der Waals surface area (Å²) in [7, 11) is 0. The number of hydrogen-bond donors (Lipinski definition) is 2. The third kappa shape index (κ3) is 7.60. The summed E-state index contributed by atoms with van der Waals surface area (Å²) in [5.41, 5.74) is 0.901. The number of benzene rings is 2. The van der Waals surface area contributed by atoms with Gasteiger partial charge in [-0.2, -0.15) is 0 Å². The highest BCUT2D eigenvalue weighted by Crippen LogP contribution is 2.08. The van der Waals surface area contributed by atoms with Crippen LogP contribution in [0.5, 0.6) is 5.75 Å². The van der Waals surface area contributed by atoms with E-state index in [-0.39, 0.29) is 19.6 Å². The van der Waals surface area contributed by atoms with Gasteiger partial charge in [0.15, 0.2) is 6.10 Å². The quantitative estimate of drug-likeness (QED) is 0.696. The number of esters is 1. The van der Waals surface area contributed by atoms with Crippen molar-refractivity contribution < 1.29 is 23.9 Å². The van der Waals surface area contributed by atoms with Crippen LogP contribution in [0.15, 0.2) is 60.7 Å². The summed E-state index contributed by atoms with van der Waals surface area (Å²) >= 11 is 0. The number of para-hydroxylation sites is 1. The SMILES string of the molecule is C[C@@H](OC(=O)CCOc1ccccc1)C(=O)NC(=O)NCc1ccccc1.